The second kappa shape index (κ2) is 21.3. The molecule has 0 saturated heterocycles. The molecule has 0 radical (unpaired) electrons. The smallest absolute Gasteiger partial charge is 0.101 e. The number of nitriles is 2. The van der Waals surface area contributed by atoms with Gasteiger partial charge in [-0.3, -0.25) is 0 Å². The van der Waals surface area contributed by atoms with Crippen LogP contribution in [0.15, 0.2) is 328 Å². The molecule has 21 aromatic rings. The van der Waals surface area contributed by atoms with Crippen LogP contribution in [-0.2, 0) is 0 Å². The molecule has 0 aliphatic heterocycles. The quantitative estimate of drug-likeness (QED) is 0.152. The SMILES string of the molecule is N#Cc1cc(-n2c3ccc(-c4ccc5c(c4)c4ccccc4n5-c4ccccc4)cc3c3cc4c(cc32)c2ccccc2n4-c2ccccc2)c(C#N)cc1-n1c2ccc(-c3ccc4c(c3)c3ccccc3n4-c3ccccc3)cc2c2cc3c(cc21)c1ccccc1n3-c1ccccc1. The highest BCUT2D eigenvalue weighted by Gasteiger charge is 2.26. The number of para-hydroxylation sites is 8. The lowest BCUT2D eigenvalue weighted by molar-refractivity contribution is 1.12. The van der Waals surface area contributed by atoms with Crippen LogP contribution in [0.1, 0.15) is 11.1 Å². The second-order valence-corrected chi connectivity index (χ2v) is 26.2. The zero-order valence-electron chi connectivity index (χ0n) is 53.8. The molecule has 15 aromatic carbocycles. The zero-order valence-corrected chi connectivity index (χ0v) is 53.8. The summed E-state index contributed by atoms with van der Waals surface area (Å²) in [5.74, 6) is 0. The van der Waals surface area contributed by atoms with Gasteiger partial charge in [0.2, 0.25) is 0 Å². The molecule has 21 rings (SSSR count). The molecule has 0 spiro atoms. The molecule has 0 bridgehead atoms. The van der Waals surface area contributed by atoms with Gasteiger partial charge in [-0.15, -0.1) is 0 Å². The van der Waals surface area contributed by atoms with Crippen molar-refractivity contribution in [2.75, 3.05) is 0 Å². The summed E-state index contributed by atoms with van der Waals surface area (Å²) in [6, 6.07) is 123. The number of hydrogen-bond donors (Lipinski definition) is 0. The molecule has 100 heavy (non-hydrogen) atoms. The third kappa shape index (κ3) is 7.96. The maximum Gasteiger partial charge on any atom is 0.101 e. The van der Waals surface area contributed by atoms with Crippen LogP contribution in [0.4, 0.5) is 0 Å². The van der Waals surface area contributed by atoms with Crippen LogP contribution in [0.5, 0.6) is 0 Å². The first-order chi connectivity index (χ1) is 49.5. The molecule has 0 aliphatic rings. The minimum Gasteiger partial charge on any atom is -0.309 e. The number of nitrogens with zero attached hydrogens (tertiary/aromatic N) is 8. The van der Waals surface area contributed by atoms with Gasteiger partial charge in [-0.2, -0.15) is 10.5 Å². The average Bonchev–Trinajstić information content (AvgIpc) is 1.55. The van der Waals surface area contributed by atoms with Gasteiger partial charge in [0, 0.05) is 87.4 Å². The van der Waals surface area contributed by atoms with Crippen molar-refractivity contribution >= 4 is 131 Å². The van der Waals surface area contributed by atoms with Gasteiger partial charge in [0.05, 0.1) is 88.7 Å². The molecule has 0 unspecified atom stereocenters. The number of benzene rings is 15. The topological polar surface area (TPSA) is 77.2 Å². The summed E-state index contributed by atoms with van der Waals surface area (Å²) in [6.45, 7) is 0. The molecule has 0 fully saturated rings. The molecule has 0 amide bonds. The first-order valence-electron chi connectivity index (χ1n) is 33.8. The van der Waals surface area contributed by atoms with Crippen molar-refractivity contribution in [2.45, 2.75) is 0 Å². The Kier molecular flexibility index (Phi) is 11.8. The largest absolute Gasteiger partial charge is 0.309 e. The maximum atomic E-state index is 11.9. The average molecular weight is 1270 g/mol. The summed E-state index contributed by atoms with van der Waals surface area (Å²) in [4.78, 5) is 0. The van der Waals surface area contributed by atoms with Crippen molar-refractivity contribution in [3.63, 3.8) is 0 Å². The van der Waals surface area contributed by atoms with Gasteiger partial charge in [0.15, 0.2) is 0 Å². The standard InChI is InChI=1S/C92H54N8/c93-55-61-50-88(100-86-44-40-60(58-38-42-84-72(46-58)68-30-14-18-34-80(68)96(84)64-23-7-2-8-24-64)48-74(86)78-54-90-76(52-92(78)100)70-32-16-20-36-82(70)98(90)66-27-11-4-12-28-66)62(56-94)49-87(61)99-85-43-39-59(57-37-41-83-71(45-57)67-29-13-17-33-79(67)95(83)63-21-5-1-6-22-63)47-73(85)77-53-89-75(51-91(77)99)69-31-15-19-35-81(69)97(89)65-25-9-3-10-26-65/h1-54H. The molecule has 462 valence electrons. The van der Waals surface area contributed by atoms with E-state index >= 15 is 0 Å². The van der Waals surface area contributed by atoms with Gasteiger partial charge in [0.1, 0.15) is 12.1 Å². The molecular formula is C92H54N8. The minimum absolute atomic E-state index is 0.431. The molecule has 8 nitrogen and oxygen atoms in total. The van der Waals surface area contributed by atoms with Gasteiger partial charge in [0.25, 0.3) is 0 Å². The highest BCUT2D eigenvalue weighted by Crippen LogP contribution is 2.47. The van der Waals surface area contributed by atoms with Gasteiger partial charge in [-0.1, -0.05) is 170 Å². The van der Waals surface area contributed by atoms with Gasteiger partial charge in [-0.25, -0.2) is 0 Å². The van der Waals surface area contributed by atoms with Crippen LogP contribution in [0.25, 0.3) is 187 Å². The first-order valence-corrected chi connectivity index (χ1v) is 33.8. The Bertz CT molecular complexity index is 6710. The summed E-state index contributed by atoms with van der Waals surface area (Å²) in [7, 11) is 0. The van der Waals surface area contributed by atoms with Crippen LogP contribution in [0.2, 0.25) is 0 Å². The lowest BCUT2D eigenvalue weighted by Gasteiger charge is -2.16. The second-order valence-electron chi connectivity index (χ2n) is 26.2. The van der Waals surface area contributed by atoms with Crippen LogP contribution in [0, 0.1) is 22.7 Å². The molecule has 8 heteroatoms. The summed E-state index contributed by atoms with van der Waals surface area (Å²) in [5.41, 5.74) is 23.4. The Labute approximate surface area is 572 Å². The van der Waals surface area contributed by atoms with Crippen LogP contribution in [0.3, 0.4) is 0 Å². The Balaban J connectivity index is 0.804. The summed E-state index contributed by atoms with van der Waals surface area (Å²) in [6.07, 6.45) is 0. The van der Waals surface area contributed by atoms with E-state index in [1.165, 1.54) is 21.5 Å². The van der Waals surface area contributed by atoms with E-state index < -0.39 is 0 Å². The number of hydrogen-bond acceptors (Lipinski definition) is 2. The van der Waals surface area contributed by atoms with E-state index in [0.717, 1.165) is 154 Å². The third-order valence-corrected chi connectivity index (χ3v) is 21.0. The summed E-state index contributed by atoms with van der Waals surface area (Å²) in [5, 5.41) is 37.0. The Morgan fingerprint density at radius 1 is 0.170 bits per heavy atom. The summed E-state index contributed by atoms with van der Waals surface area (Å²) < 4.78 is 13.9. The van der Waals surface area contributed by atoms with E-state index in [-0.39, 0.29) is 0 Å². The molecule has 0 N–H and O–H groups in total. The van der Waals surface area contributed by atoms with E-state index in [0.29, 0.717) is 22.5 Å². The van der Waals surface area contributed by atoms with Crippen molar-refractivity contribution in [3.8, 4) is 68.5 Å². The number of aromatic nitrogens is 6. The Morgan fingerprint density at radius 3 is 0.670 bits per heavy atom. The fourth-order valence-electron chi connectivity index (χ4n) is 16.7. The highest BCUT2D eigenvalue weighted by atomic mass is 15.0. The molecule has 0 saturated carbocycles. The number of rotatable bonds is 8. The molecule has 0 aliphatic carbocycles. The highest BCUT2D eigenvalue weighted by molar-refractivity contribution is 6.22. The van der Waals surface area contributed by atoms with Crippen molar-refractivity contribution in [2.24, 2.45) is 0 Å². The van der Waals surface area contributed by atoms with E-state index in [2.05, 4.69) is 355 Å². The fourth-order valence-corrected chi connectivity index (χ4v) is 16.7. The van der Waals surface area contributed by atoms with Gasteiger partial charge in [-0.05, 0) is 180 Å². The third-order valence-electron chi connectivity index (χ3n) is 21.0. The molecule has 0 atom stereocenters. The first kappa shape index (κ1) is 55.4. The predicted molar refractivity (Wildman–Crippen MR) is 413 cm³/mol. The maximum absolute atomic E-state index is 11.9. The van der Waals surface area contributed by atoms with Crippen molar-refractivity contribution < 1.29 is 0 Å². The molecular weight excluding hydrogens is 1220 g/mol. The Hall–Kier alpha value is -13.9. The lowest BCUT2D eigenvalue weighted by Crippen LogP contribution is -2.04. The Morgan fingerprint density at radius 2 is 0.380 bits per heavy atom. The predicted octanol–water partition coefficient (Wildman–Crippen LogP) is 23.3. The van der Waals surface area contributed by atoms with E-state index in [1.807, 2.05) is 12.1 Å². The van der Waals surface area contributed by atoms with Crippen LogP contribution < -0.4 is 0 Å². The van der Waals surface area contributed by atoms with Gasteiger partial charge >= 0.3 is 0 Å². The van der Waals surface area contributed by atoms with Crippen LogP contribution in [-0.4, -0.2) is 27.4 Å². The monoisotopic (exact) mass is 1270 g/mol. The fraction of sp³-hybridized carbons (Fsp3) is 0. The van der Waals surface area contributed by atoms with Crippen molar-refractivity contribution in [3.05, 3.63) is 339 Å². The number of fused-ring (bicyclic) bond motifs is 18. The van der Waals surface area contributed by atoms with Crippen molar-refractivity contribution in [1.29, 1.82) is 10.5 Å². The van der Waals surface area contributed by atoms with E-state index in [1.54, 1.807) is 0 Å². The molecule has 6 aromatic heterocycles. The van der Waals surface area contributed by atoms with Crippen molar-refractivity contribution in [1.82, 2.24) is 27.4 Å². The zero-order chi connectivity index (χ0) is 65.8. The molecule has 6 heterocycles. The summed E-state index contributed by atoms with van der Waals surface area (Å²) >= 11 is 0. The van der Waals surface area contributed by atoms with E-state index in [4.69, 9.17) is 0 Å². The lowest BCUT2D eigenvalue weighted by atomic mass is 10.00. The van der Waals surface area contributed by atoms with E-state index in [9.17, 15) is 10.5 Å². The van der Waals surface area contributed by atoms with Gasteiger partial charge < -0.3 is 27.4 Å². The van der Waals surface area contributed by atoms with Crippen LogP contribution >= 0.6 is 0 Å². The normalized spacial score (nSPS) is 12.0. The minimum atomic E-state index is 0.431.